The van der Waals surface area contributed by atoms with E-state index in [9.17, 15) is 9.59 Å². The second kappa shape index (κ2) is 6.85. The maximum Gasteiger partial charge on any atom is 0.257 e. The first-order chi connectivity index (χ1) is 10.4. The van der Waals surface area contributed by atoms with Crippen LogP contribution in [-0.2, 0) is 11.2 Å². The number of amides is 2. The minimum absolute atomic E-state index is 0.0133. The lowest BCUT2D eigenvalue weighted by Crippen LogP contribution is -2.58. The Morgan fingerprint density at radius 3 is 2.50 bits per heavy atom. The van der Waals surface area contributed by atoms with Crippen molar-refractivity contribution in [3.05, 3.63) is 23.8 Å². The van der Waals surface area contributed by atoms with Gasteiger partial charge >= 0.3 is 0 Å². The van der Waals surface area contributed by atoms with Crippen LogP contribution in [0.5, 0.6) is 0 Å². The Bertz CT molecular complexity index is 542. The van der Waals surface area contributed by atoms with Gasteiger partial charge in [0.25, 0.3) is 5.91 Å². The first-order valence-corrected chi connectivity index (χ1v) is 7.84. The van der Waals surface area contributed by atoms with Gasteiger partial charge < -0.3 is 9.80 Å². The average Bonchev–Trinajstić information content (AvgIpc) is 2.51. The topological polar surface area (TPSA) is 66.4 Å². The number of aryl methyl sites for hydroxylation is 1. The third kappa shape index (κ3) is 3.43. The lowest BCUT2D eigenvalue weighted by Gasteiger charge is -2.39. The van der Waals surface area contributed by atoms with Crippen molar-refractivity contribution in [2.24, 2.45) is 5.92 Å². The zero-order chi connectivity index (χ0) is 16.3. The van der Waals surface area contributed by atoms with Gasteiger partial charge in [-0.15, -0.1) is 0 Å². The highest BCUT2D eigenvalue weighted by Gasteiger charge is 2.34. The van der Waals surface area contributed by atoms with E-state index in [1.807, 2.05) is 11.8 Å². The summed E-state index contributed by atoms with van der Waals surface area (Å²) >= 11 is 0. The minimum Gasteiger partial charge on any atom is -0.339 e. The number of hydrogen-bond donors (Lipinski definition) is 0. The summed E-state index contributed by atoms with van der Waals surface area (Å²) in [4.78, 5) is 36.7. The number of piperazine rings is 1. The van der Waals surface area contributed by atoms with Gasteiger partial charge in [-0.1, -0.05) is 20.8 Å². The molecule has 1 aromatic heterocycles. The number of carbonyl (C=O) groups excluding carboxylic acids is 2. The molecule has 1 aliphatic rings. The normalized spacial score (nSPS) is 19.0. The summed E-state index contributed by atoms with van der Waals surface area (Å²) in [6.45, 7) is 9.79. The lowest BCUT2D eigenvalue weighted by atomic mass is 10.1. The van der Waals surface area contributed by atoms with Gasteiger partial charge in [0.2, 0.25) is 5.91 Å². The summed E-state index contributed by atoms with van der Waals surface area (Å²) in [7, 11) is 0. The monoisotopic (exact) mass is 304 g/mol. The van der Waals surface area contributed by atoms with E-state index in [4.69, 9.17) is 0 Å². The summed E-state index contributed by atoms with van der Waals surface area (Å²) in [6.07, 6.45) is 3.83. The Morgan fingerprint density at radius 1 is 1.32 bits per heavy atom. The smallest absolute Gasteiger partial charge is 0.257 e. The third-order valence-corrected chi connectivity index (χ3v) is 3.86. The maximum atomic E-state index is 12.6. The van der Waals surface area contributed by atoms with Crippen molar-refractivity contribution in [1.82, 2.24) is 19.8 Å². The zero-order valence-electron chi connectivity index (χ0n) is 13.7. The Morgan fingerprint density at radius 2 is 1.95 bits per heavy atom. The second-order valence-electron chi connectivity index (χ2n) is 6.09. The van der Waals surface area contributed by atoms with Crippen LogP contribution in [0, 0.1) is 5.92 Å². The molecule has 0 aromatic carbocycles. The van der Waals surface area contributed by atoms with Crippen molar-refractivity contribution >= 4 is 11.8 Å². The average molecular weight is 304 g/mol. The van der Waals surface area contributed by atoms with Gasteiger partial charge in [0.1, 0.15) is 11.9 Å². The van der Waals surface area contributed by atoms with Crippen molar-refractivity contribution in [3.8, 4) is 0 Å². The van der Waals surface area contributed by atoms with Gasteiger partial charge in [-0.2, -0.15) is 0 Å². The molecule has 1 atom stereocenters. The van der Waals surface area contributed by atoms with Crippen LogP contribution in [-0.4, -0.2) is 57.3 Å². The van der Waals surface area contributed by atoms with Crippen LogP contribution >= 0.6 is 0 Å². The number of aromatic nitrogens is 2. The van der Waals surface area contributed by atoms with Crippen molar-refractivity contribution in [2.75, 3.05) is 19.6 Å². The van der Waals surface area contributed by atoms with Gasteiger partial charge in [0.05, 0.1) is 5.56 Å². The van der Waals surface area contributed by atoms with E-state index in [0.29, 0.717) is 30.4 Å². The standard InChI is InChI=1S/C16H24N4O2/c1-5-14-17-8-13(9-18-14)16(22)20-7-6-19(10-11(2)3)15(21)12(20)4/h8-9,11-12H,5-7,10H2,1-4H3. The molecule has 1 unspecified atom stereocenters. The van der Waals surface area contributed by atoms with E-state index in [1.54, 1.807) is 24.2 Å². The molecule has 0 radical (unpaired) electrons. The summed E-state index contributed by atoms with van der Waals surface area (Å²) in [5, 5.41) is 0. The third-order valence-electron chi connectivity index (χ3n) is 3.86. The minimum atomic E-state index is -0.439. The number of nitrogens with zero attached hydrogens (tertiary/aromatic N) is 4. The lowest BCUT2D eigenvalue weighted by molar-refractivity contribution is -0.140. The number of carbonyl (C=O) groups is 2. The summed E-state index contributed by atoms with van der Waals surface area (Å²) in [5.41, 5.74) is 0.439. The molecular formula is C16H24N4O2. The fraction of sp³-hybridized carbons (Fsp3) is 0.625. The molecule has 2 amide bonds. The molecular weight excluding hydrogens is 280 g/mol. The molecule has 120 valence electrons. The molecule has 0 bridgehead atoms. The van der Waals surface area contributed by atoms with Gasteiger partial charge in [-0.25, -0.2) is 9.97 Å². The molecule has 6 heteroatoms. The quantitative estimate of drug-likeness (QED) is 0.842. The van der Waals surface area contributed by atoms with E-state index in [1.165, 1.54) is 0 Å². The van der Waals surface area contributed by atoms with Gasteiger partial charge in [0.15, 0.2) is 0 Å². The van der Waals surface area contributed by atoms with Crippen molar-refractivity contribution < 1.29 is 9.59 Å². The predicted molar refractivity (Wildman–Crippen MR) is 83.3 cm³/mol. The highest BCUT2D eigenvalue weighted by Crippen LogP contribution is 2.16. The fourth-order valence-electron chi connectivity index (χ4n) is 2.64. The van der Waals surface area contributed by atoms with Crippen LogP contribution in [0.2, 0.25) is 0 Å². The van der Waals surface area contributed by atoms with E-state index in [0.717, 1.165) is 13.0 Å². The van der Waals surface area contributed by atoms with Crippen LogP contribution < -0.4 is 0 Å². The summed E-state index contributed by atoms with van der Waals surface area (Å²) in [5.74, 6) is 0.975. The van der Waals surface area contributed by atoms with Crippen LogP contribution in [0.25, 0.3) is 0 Å². The van der Waals surface area contributed by atoms with E-state index in [2.05, 4.69) is 23.8 Å². The first-order valence-electron chi connectivity index (χ1n) is 7.84. The van der Waals surface area contributed by atoms with Crippen molar-refractivity contribution in [3.63, 3.8) is 0 Å². The van der Waals surface area contributed by atoms with Crippen molar-refractivity contribution in [2.45, 2.75) is 40.2 Å². The molecule has 1 saturated heterocycles. The van der Waals surface area contributed by atoms with E-state index >= 15 is 0 Å². The molecule has 1 aliphatic heterocycles. The number of rotatable bonds is 4. The van der Waals surface area contributed by atoms with Crippen LogP contribution in [0.3, 0.4) is 0 Å². The molecule has 2 rings (SSSR count). The summed E-state index contributed by atoms with van der Waals surface area (Å²) < 4.78 is 0. The second-order valence-corrected chi connectivity index (χ2v) is 6.09. The van der Waals surface area contributed by atoms with Crippen LogP contribution in [0.4, 0.5) is 0 Å². The largest absolute Gasteiger partial charge is 0.339 e. The first kappa shape index (κ1) is 16.4. The van der Waals surface area contributed by atoms with Crippen LogP contribution in [0.1, 0.15) is 43.9 Å². The molecule has 1 fully saturated rings. The maximum absolute atomic E-state index is 12.6. The number of hydrogen-bond acceptors (Lipinski definition) is 4. The van der Waals surface area contributed by atoms with Gasteiger partial charge in [0, 0.05) is 38.4 Å². The van der Waals surface area contributed by atoms with Gasteiger partial charge in [-0.05, 0) is 12.8 Å². The predicted octanol–water partition coefficient (Wildman–Crippen LogP) is 1.37. The Labute approximate surface area is 131 Å². The molecule has 22 heavy (non-hydrogen) atoms. The molecule has 2 heterocycles. The van der Waals surface area contributed by atoms with Crippen molar-refractivity contribution in [1.29, 1.82) is 0 Å². The van der Waals surface area contributed by atoms with E-state index in [-0.39, 0.29) is 11.8 Å². The highest BCUT2D eigenvalue weighted by atomic mass is 16.2. The Balaban J connectivity index is 2.09. The van der Waals surface area contributed by atoms with Gasteiger partial charge in [-0.3, -0.25) is 9.59 Å². The fourth-order valence-corrected chi connectivity index (χ4v) is 2.64. The Hall–Kier alpha value is -1.98. The molecule has 0 saturated carbocycles. The molecule has 6 nitrogen and oxygen atoms in total. The molecule has 0 aliphatic carbocycles. The Kier molecular flexibility index (Phi) is 5.11. The SMILES string of the molecule is CCc1ncc(C(=O)N2CCN(CC(C)C)C(=O)C2C)cn1. The zero-order valence-corrected chi connectivity index (χ0v) is 13.7. The molecule has 1 aromatic rings. The van der Waals surface area contributed by atoms with E-state index < -0.39 is 6.04 Å². The summed E-state index contributed by atoms with van der Waals surface area (Å²) in [6, 6.07) is -0.439. The molecule has 0 N–H and O–H groups in total. The molecule has 0 spiro atoms. The van der Waals surface area contributed by atoms with Crippen LogP contribution in [0.15, 0.2) is 12.4 Å². The highest BCUT2D eigenvalue weighted by molar-refractivity contribution is 5.97.